The number of para-hydroxylation sites is 1. The van der Waals surface area contributed by atoms with Gasteiger partial charge >= 0.3 is 0 Å². The third kappa shape index (κ3) is 3.57. The van der Waals surface area contributed by atoms with Gasteiger partial charge in [-0.2, -0.15) is 0 Å². The summed E-state index contributed by atoms with van der Waals surface area (Å²) in [7, 11) is 5.98. The van der Waals surface area contributed by atoms with Gasteiger partial charge in [0.15, 0.2) is 0 Å². The average molecular weight is 331 g/mol. The Labute approximate surface area is 145 Å². The van der Waals surface area contributed by atoms with Crippen molar-refractivity contribution in [3.8, 4) is 5.75 Å². The van der Waals surface area contributed by atoms with Crippen LogP contribution in [0.25, 0.3) is 0 Å². The van der Waals surface area contributed by atoms with Crippen LogP contribution in [0.3, 0.4) is 0 Å². The van der Waals surface area contributed by atoms with Crippen LogP contribution in [0.5, 0.6) is 5.75 Å². The molecule has 0 saturated carbocycles. The maximum absolute atomic E-state index is 13.0. The summed E-state index contributed by atoms with van der Waals surface area (Å²) in [5.41, 5.74) is 1.17. The molecular weight excluding hydrogens is 302 g/mol. The Morgan fingerprint density at radius 1 is 1.08 bits per heavy atom. The highest BCUT2D eigenvalue weighted by atomic mass is 16.5. The lowest BCUT2D eigenvalue weighted by Crippen LogP contribution is -2.51. The summed E-state index contributed by atoms with van der Waals surface area (Å²) in [6.07, 6.45) is 1.97. The van der Waals surface area contributed by atoms with Crippen molar-refractivity contribution in [2.45, 2.75) is 18.9 Å². The topological polar surface area (TPSA) is 36.0 Å². The van der Waals surface area contributed by atoms with E-state index >= 15 is 0 Å². The van der Waals surface area contributed by atoms with Crippen molar-refractivity contribution in [3.63, 3.8) is 0 Å². The predicted octanol–water partition coefficient (Wildman–Crippen LogP) is 1.85. The highest BCUT2D eigenvalue weighted by molar-refractivity contribution is 5.79. The molecule has 0 aliphatic carbocycles. The number of carbonyl (C=O) groups excluding carboxylic acids is 1. The quantitative estimate of drug-likeness (QED) is 0.847. The second-order valence-corrected chi connectivity index (χ2v) is 7.10. The molecule has 2 aliphatic heterocycles. The number of ether oxygens (including phenoxy) is 1. The molecular formula is C19H29N3O2. The molecule has 0 bridgehead atoms. The Kier molecular flexibility index (Phi) is 5.41. The lowest BCUT2D eigenvalue weighted by Gasteiger charge is -2.42. The van der Waals surface area contributed by atoms with E-state index in [9.17, 15) is 4.79 Å². The standard InChI is InChI=1S/C19H29N3O2/c1-20-10-8-15(9-11-20)19(23)22-13-12-21(2)17(14-22)16-6-4-5-7-18(16)24-3/h4-7,15,17H,8-14H2,1-3H3/t17-/m1/s1. The van der Waals surface area contributed by atoms with E-state index in [0.717, 1.165) is 51.3 Å². The molecule has 3 rings (SSSR count). The summed E-state index contributed by atoms with van der Waals surface area (Å²) in [4.78, 5) is 19.7. The summed E-state index contributed by atoms with van der Waals surface area (Å²) in [5, 5.41) is 0. The zero-order chi connectivity index (χ0) is 17.1. The first-order chi connectivity index (χ1) is 11.6. The van der Waals surface area contributed by atoms with Crippen LogP contribution < -0.4 is 4.74 Å². The van der Waals surface area contributed by atoms with Crippen molar-refractivity contribution in [2.75, 3.05) is 53.9 Å². The Morgan fingerprint density at radius 2 is 1.79 bits per heavy atom. The highest BCUT2D eigenvalue weighted by Crippen LogP contribution is 2.32. The fraction of sp³-hybridized carbons (Fsp3) is 0.632. The van der Waals surface area contributed by atoms with Gasteiger partial charge in [0.05, 0.1) is 13.2 Å². The number of benzene rings is 1. The first kappa shape index (κ1) is 17.2. The molecule has 2 saturated heterocycles. The maximum Gasteiger partial charge on any atom is 0.225 e. The van der Waals surface area contributed by atoms with Gasteiger partial charge in [0.25, 0.3) is 0 Å². The van der Waals surface area contributed by atoms with Crippen molar-refractivity contribution in [3.05, 3.63) is 29.8 Å². The minimum absolute atomic E-state index is 0.197. The molecule has 132 valence electrons. The van der Waals surface area contributed by atoms with Crippen LogP contribution in [0.4, 0.5) is 0 Å². The van der Waals surface area contributed by atoms with Crippen LogP contribution in [-0.2, 0) is 4.79 Å². The molecule has 2 heterocycles. The summed E-state index contributed by atoms with van der Waals surface area (Å²) in [5.74, 6) is 1.45. The molecule has 0 N–H and O–H groups in total. The lowest BCUT2D eigenvalue weighted by molar-refractivity contribution is -0.139. The van der Waals surface area contributed by atoms with E-state index in [1.54, 1.807) is 7.11 Å². The minimum atomic E-state index is 0.197. The number of piperidine rings is 1. The molecule has 0 aromatic heterocycles. The van der Waals surface area contributed by atoms with Gasteiger partial charge in [0, 0.05) is 31.1 Å². The van der Waals surface area contributed by atoms with E-state index in [1.165, 1.54) is 5.56 Å². The van der Waals surface area contributed by atoms with Crippen molar-refractivity contribution in [1.29, 1.82) is 0 Å². The molecule has 0 unspecified atom stereocenters. The van der Waals surface area contributed by atoms with Crippen molar-refractivity contribution in [1.82, 2.24) is 14.7 Å². The van der Waals surface area contributed by atoms with Gasteiger partial charge in [0.1, 0.15) is 5.75 Å². The predicted molar refractivity (Wildman–Crippen MR) is 95.2 cm³/mol. The van der Waals surface area contributed by atoms with Gasteiger partial charge in [-0.15, -0.1) is 0 Å². The third-order valence-corrected chi connectivity index (χ3v) is 5.53. The largest absolute Gasteiger partial charge is 0.496 e. The molecule has 0 radical (unpaired) electrons. The molecule has 5 nitrogen and oxygen atoms in total. The van der Waals surface area contributed by atoms with Gasteiger partial charge in [-0.1, -0.05) is 18.2 Å². The van der Waals surface area contributed by atoms with E-state index < -0.39 is 0 Å². The van der Waals surface area contributed by atoms with Crippen LogP contribution in [0.1, 0.15) is 24.4 Å². The van der Waals surface area contributed by atoms with Crippen molar-refractivity contribution in [2.24, 2.45) is 5.92 Å². The van der Waals surface area contributed by atoms with Gasteiger partial charge in [-0.05, 0) is 46.1 Å². The number of rotatable bonds is 3. The molecule has 1 atom stereocenters. The van der Waals surface area contributed by atoms with E-state index in [1.807, 2.05) is 18.2 Å². The Bertz CT molecular complexity index is 569. The lowest BCUT2D eigenvalue weighted by atomic mass is 9.94. The fourth-order valence-corrected chi connectivity index (χ4v) is 3.87. The van der Waals surface area contributed by atoms with E-state index in [-0.39, 0.29) is 12.0 Å². The second-order valence-electron chi connectivity index (χ2n) is 7.10. The van der Waals surface area contributed by atoms with Crippen LogP contribution >= 0.6 is 0 Å². The third-order valence-electron chi connectivity index (χ3n) is 5.53. The maximum atomic E-state index is 13.0. The Morgan fingerprint density at radius 3 is 2.50 bits per heavy atom. The SMILES string of the molecule is COc1ccccc1[C@H]1CN(C(=O)C2CCN(C)CC2)CCN1C. The van der Waals surface area contributed by atoms with Crippen molar-refractivity contribution < 1.29 is 9.53 Å². The molecule has 1 amide bonds. The smallest absolute Gasteiger partial charge is 0.225 e. The zero-order valence-corrected chi connectivity index (χ0v) is 15.1. The number of hydrogen-bond acceptors (Lipinski definition) is 4. The normalized spacial score (nSPS) is 24.1. The number of carbonyl (C=O) groups is 1. The molecule has 2 fully saturated rings. The Hall–Kier alpha value is -1.59. The first-order valence-corrected chi connectivity index (χ1v) is 8.90. The van der Waals surface area contributed by atoms with E-state index in [4.69, 9.17) is 4.74 Å². The van der Waals surface area contributed by atoms with Gasteiger partial charge in [-0.3, -0.25) is 9.69 Å². The van der Waals surface area contributed by atoms with Crippen LogP contribution in [-0.4, -0.2) is 74.5 Å². The van der Waals surface area contributed by atoms with E-state index in [0.29, 0.717) is 5.91 Å². The van der Waals surface area contributed by atoms with Gasteiger partial charge in [-0.25, -0.2) is 0 Å². The second kappa shape index (κ2) is 7.53. The molecule has 0 spiro atoms. The monoisotopic (exact) mass is 331 g/mol. The summed E-state index contributed by atoms with van der Waals surface area (Å²) in [6, 6.07) is 8.35. The van der Waals surface area contributed by atoms with E-state index in [2.05, 4.69) is 34.9 Å². The summed E-state index contributed by atoms with van der Waals surface area (Å²) >= 11 is 0. The van der Waals surface area contributed by atoms with Crippen molar-refractivity contribution >= 4 is 5.91 Å². The zero-order valence-electron chi connectivity index (χ0n) is 15.1. The molecule has 5 heteroatoms. The number of methoxy groups -OCH3 is 1. The number of likely N-dealkylation sites (N-methyl/N-ethyl adjacent to an activating group) is 1. The van der Waals surface area contributed by atoms with Gasteiger partial charge < -0.3 is 14.5 Å². The molecule has 1 aromatic rings. The average Bonchev–Trinajstić information content (AvgIpc) is 2.62. The molecule has 1 aromatic carbocycles. The fourth-order valence-electron chi connectivity index (χ4n) is 3.87. The summed E-state index contributed by atoms with van der Waals surface area (Å²) < 4.78 is 5.54. The highest BCUT2D eigenvalue weighted by Gasteiger charge is 2.33. The van der Waals surface area contributed by atoms with Crippen LogP contribution in [0, 0.1) is 5.92 Å². The Balaban J connectivity index is 1.72. The molecule has 24 heavy (non-hydrogen) atoms. The van der Waals surface area contributed by atoms with Crippen LogP contribution in [0.2, 0.25) is 0 Å². The summed E-state index contributed by atoms with van der Waals surface area (Å²) in [6.45, 7) is 4.54. The first-order valence-electron chi connectivity index (χ1n) is 8.90. The van der Waals surface area contributed by atoms with Gasteiger partial charge in [0.2, 0.25) is 5.91 Å². The number of nitrogens with zero attached hydrogens (tertiary/aromatic N) is 3. The van der Waals surface area contributed by atoms with Crippen LogP contribution in [0.15, 0.2) is 24.3 Å². The molecule has 2 aliphatic rings. The number of hydrogen-bond donors (Lipinski definition) is 0. The number of amides is 1. The minimum Gasteiger partial charge on any atom is -0.496 e. The number of piperazine rings is 1. The number of likely N-dealkylation sites (tertiary alicyclic amines) is 1.